The second-order valence-corrected chi connectivity index (χ2v) is 7.08. The van der Waals surface area contributed by atoms with Gasteiger partial charge in [-0.2, -0.15) is 0 Å². The van der Waals surface area contributed by atoms with Crippen LogP contribution in [0.4, 0.5) is 13.2 Å². The van der Waals surface area contributed by atoms with Crippen LogP contribution in [-0.2, 0) is 0 Å². The van der Waals surface area contributed by atoms with E-state index in [-0.39, 0.29) is 11.8 Å². The van der Waals surface area contributed by atoms with E-state index in [0.29, 0.717) is 11.7 Å². The Kier molecular flexibility index (Phi) is 6.29. The number of rotatable bonds is 5. The van der Waals surface area contributed by atoms with Crippen molar-refractivity contribution in [3.63, 3.8) is 0 Å². The van der Waals surface area contributed by atoms with Gasteiger partial charge in [0.15, 0.2) is 0 Å². The first-order valence-corrected chi connectivity index (χ1v) is 9.36. The lowest BCUT2D eigenvalue weighted by atomic mass is 9.80. The minimum Gasteiger partial charge on any atom is -0.496 e. The van der Waals surface area contributed by atoms with Gasteiger partial charge in [-0.15, -0.1) is 13.2 Å². The second kappa shape index (κ2) is 8.48. The lowest BCUT2D eigenvalue weighted by molar-refractivity contribution is -0.274. The number of hydrogen-bond donors (Lipinski definition) is 1. The van der Waals surface area contributed by atoms with Crippen LogP contribution in [0.2, 0.25) is 0 Å². The summed E-state index contributed by atoms with van der Waals surface area (Å²) in [6, 6.07) is 4.69. The van der Waals surface area contributed by atoms with Crippen molar-refractivity contribution in [3.05, 3.63) is 23.8 Å². The Morgan fingerprint density at radius 2 is 1.81 bits per heavy atom. The summed E-state index contributed by atoms with van der Waals surface area (Å²) in [5.41, 5.74) is 0.968. The van der Waals surface area contributed by atoms with E-state index in [9.17, 15) is 13.2 Å². The van der Waals surface area contributed by atoms with E-state index in [1.165, 1.54) is 38.5 Å². The lowest BCUT2D eigenvalue weighted by Gasteiger charge is -2.41. The molecule has 146 valence electrons. The largest absolute Gasteiger partial charge is 0.573 e. The molecular formula is C19H27F3N2O2. The van der Waals surface area contributed by atoms with Crippen molar-refractivity contribution in [2.24, 2.45) is 5.92 Å². The average molecular weight is 372 g/mol. The summed E-state index contributed by atoms with van der Waals surface area (Å²) in [5, 5.41) is 3.37. The molecule has 0 unspecified atom stereocenters. The van der Waals surface area contributed by atoms with Gasteiger partial charge < -0.3 is 14.8 Å². The SMILES string of the molecule is COc1cc(OC(F)(F)F)ccc1[C@@H](C1CCCCC1)N1CCNCC1. The van der Waals surface area contributed by atoms with Gasteiger partial charge >= 0.3 is 6.36 Å². The molecule has 7 heteroatoms. The molecule has 1 aliphatic heterocycles. The van der Waals surface area contributed by atoms with Gasteiger partial charge in [0.2, 0.25) is 0 Å². The fourth-order valence-corrected chi connectivity index (χ4v) is 4.29. The number of hydrogen-bond acceptors (Lipinski definition) is 4. The van der Waals surface area contributed by atoms with Crippen molar-refractivity contribution < 1.29 is 22.6 Å². The maximum atomic E-state index is 12.5. The highest BCUT2D eigenvalue weighted by Gasteiger charge is 2.34. The van der Waals surface area contributed by atoms with Crippen LogP contribution in [0, 0.1) is 5.92 Å². The summed E-state index contributed by atoms with van der Waals surface area (Å²) in [6.07, 6.45) is 1.29. The Morgan fingerprint density at radius 3 is 2.42 bits per heavy atom. The summed E-state index contributed by atoms with van der Waals surface area (Å²) in [7, 11) is 1.51. The van der Waals surface area contributed by atoms with Crippen LogP contribution in [0.25, 0.3) is 0 Å². The molecule has 0 aromatic heterocycles. The van der Waals surface area contributed by atoms with Gasteiger partial charge in [0.1, 0.15) is 11.5 Å². The molecule has 1 N–H and O–H groups in total. The Hall–Kier alpha value is -1.47. The molecular weight excluding hydrogens is 345 g/mol. The van der Waals surface area contributed by atoms with Gasteiger partial charge in [-0.1, -0.05) is 25.3 Å². The topological polar surface area (TPSA) is 33.7 Å². The number of nitrogens with one attached hydrogen (secondary N) is 1. The van der Waals surface area contributed by atoms with Crippen LogP contribution in [0.1, 0.15) is 43.7 Å². The van der Waals surface area contributed by atoms with Crippen LogP contribution in [0.3, 0.4) is 0 Å². The molecule has 26 heavy (non-hydrogen) atoms. The van der Waals surface area contributed by atoms with Gasteiger partial charge in [0, 0.05) is 43.9 Å². The molecule has 0 bridgehead atoms. The molecule has 1 heterocycles. The van der Waals surface area contributed by atoms with Gasteiger partial charge in [0.25, 0.3) is 0 Å². The molecule has 0 amide bonds. The van der Waals surface area contributed by atoms with Crippen LogP contribution in [0.15, 0.2) is 18.2 Å². The molecule has 3 rings (SSSR count). The van der Waals surface area contributed by atoms with E-state index >= 15 is 0 Å². The fourth-order valence-electron chi connectivity index (χ4n) is 4.29. The third kappa shape index (κ3) is 4.82. The first kappa shape index (κ1) is 19.3. The Labute approximate surface area is 152 Å². The molecule has 1 aromatic carbocycles. The highest BCUT2D eigenvalue weighted by atomic mass is 19.4. The van der Waals surface area contributed by atoms with Crippen molar-refractivity contribution in [3.8, 4) is 11.5 Å². The molecule has 1 saturated carbocycles. The van der Waals surface area contributed by atoms with Crippen LogP contribution in [0.5, 0.6) is 11.5 Å². The molecule has 0 spiro atoms. The predicted octanol–water partition coefficient (Wildman–Crippen LogP) is 4.12. The Balaban J connectivity index is 1.91. The molecule has 1 saturated heterocycles. The van der Waals surface area contributed by atoms with Gasteiger partial charge in [-0.05, 0) is 24.8 Å². The standard InChI is InChI=1S/C19H27F3N2O2/c1-25-17-13-15(26-19(20,21)22)7-8-16(17)18(14-5-3-2-4-6-14)24-11-9-23-10-12-24/h7-8,13-14,18,23H,2-6,9-12H2,1H3/t18-/m1/s1. The van der Waals surface area contributed by atoms with E-state index in [1.807, 2.05) is 0 Å². The maximum absolute atomic E-state index is 12.5. The third-order valence-electron chi connectivity index (χ3n) is 5.40. The molecule has 1 atom stereocenters. The minimum atomic E-state index is -4.70. The lowest BCUT2D eigenvalue weighted by Crippen LogP contribution is -2.47. The zero-order valence-electron chi connectivity index (χ0n) is 15.1. The summed E-state index contributed by atoms with van der Waals surface area (Å²) < 4.78 is 47.2. The minimum absolute atomic E-state index is 0.173. The molecule has 4 nitrogen and oxygen atoms in total. The zero-order chi connectivity index (χ0) is 18.6. The van der Waals surface area contributed by atoms with E-state index in [4.69, 9.17) is 4.74 Å². The Morgan fingerprint density at radius 1 is 1.12 bits per heavy atom. The molecule has 1 aromatic rings. The number of benzene rings is 1. The monoisotopic (exact) mass is 372 g/mol. The second-order valence-electron chi connectivity index (χ2n) is 7.08. The number of piperazine rings is 1. The Bertz CT molecular complexity index is 565. The number of nitrogens with zero attached hydrogens (tertiary/aromatic N) is 1. The van der Waals surface area contributed by atoms with Crippen molar-refractivity contribution in [1.82, 2.24) is 10.2 Å². The van der Waals surface area contributed by atoms with Crippen molar-refractivity contribution in [2.45, 2.75) is 44.5 Å². The van der Waals surface area contributed by atoms with Crippen molar-refractivity contribution >= 4 is 0 Å². The van der Waals surface area contributed by atoms with Gasteiger partial charge in [-0.3, -0.25) is 4.90 Å². The number of ether oxygens (including phenoxy) is 2. The average Bonchev–Trinajstić information content (AvgIpc) is 2.63. The fraction of sp³-hybridized carbons (Fsp3) is 0.684. The van der Waals surface area contributed by atoms with Gasteiger partial charge in [-0.25, -0.2) is 0 Å². The van der Waals surface area contributed by atoms with E-state index in [0.717, 1.165) is 44.6 Å². The van der Waals surface area contributed by atoms with Crippen LogP contribution < -0.4 is 14.8 Å². The first-order chi connectivity index (χ1) is 12.5. The molecule has 2 fully saturated rings. The molecule has 2 aliphatic rings. The number of halogens is 3. The predicted molar refractivity (Wildman–Crippen MR) is 93.4 cm³/mol. The molecule has 0 radical (unpaired) electrons. The highest BCUT2D eigenvalue weighted by molar-refractivity contribution is 5.43. The highest BCUT2D eigenvalue weighted by Crippen LogP contribution is 2.43. The zero-order valence-corrected chi connectivity index (χ0v) is 15.1. The normalized spacial score (nSPS) is 21.4. The smallest absolute Gasteiger partial charge is 0.496 e. The van der Waals surface area contributed by atoms with E-state index < -0.39 is 6.36 Å². The van der Waals surface area contributed by atoms with Crippen molar-refractivity contribution in [1.29, 1.82) is 0 Å². The van der Waals surface area contributed by atoms with Crippen LogP contribution in [-0.4, -0.2) is 44.6 Å². The summed E-state index contributed by atoms with van der Waals surface area (Å²) in [4.78, 5) is 2.45. The maximum Gasteiger partial charge on any atom is 0.573 e. The summed E-state index contributed by atoms with van der Waals surface area (Å²) in [6.45, 7) is 3.73. The quantitative estimate of drug-likeness (QED) is 0.843. The van der Waals surface area contributed by atoms with Crippen LogP contribution >= 0.6 is 0 Å². The molecule has 1 aliphatic carbocycles. The third-order valence-corrected chi connectivity index (χ3v) is 5.40. The summed E-state index contributed by atoms with van der Waals surface area (Å²) in [5.74, 6) is 0.742. The summed E-state index contributed by atoms with van der Waals surface area (Å²) >= 11 is 0. The number of alkyl halides is 3. The van der Waals surface area contributed by atoms with E-state index in [2.05, 4.69) is 15.0 Å². The van der Waals surface area contributed by atoms with Crippen molar-refractivity contribution in [2.75, 3.05) is 33.3 Å². The number of methoxy groups -OCH3 is 1. The van der Waals surface area contributed by atoms with Gasteiger partial charge in [0.05, 0.1) is 7.11 Å². The van der Waals surface area contributed by atoms with E-state index in [1.54, 1.807) is 6.07 Å². The first-order valence-electron chi connectivity index (χ1n) is 9.36.